The number of unbranched alkanes of at least 4 members (excludes halogenated alkanes) is 1. The topological polar surface area (TPSA) is 47.4 Å². The number of nitrogens with zero attached hydrogens (tertiary/aromatic N) is 3. The van der Waals surface area contributed by atoms with Crippen LogP contribution in [0.25, 0.3) is 11.1 Å². The number of hydrogen-bond donors (Lipinski definition) is 0. The second-order valence-electron chi connectivity index (χ2n) is 5.83. The fourth-order valence-electron chi connectivity index (χ4n) is 2.87. The Balaban J connectivity index is 1.57. The first-order chi connectivity index (χ1) is 11.3. The van der Waals surface area contributed by atoms with E-state index in [1.807, 2.05) is 30.3 Å². The van der Waals surface area contributed by atoms with Crippen molar-refractivity contribution in [1.82, 2.24) is 14.5 Å². The maximum atomic E-state index is 12.6. The lowest BCUT2D eigenvalue weighted by atomic mass is 10.1. The van der Waals surface area contributed by atoms with Crippen molar-refractivity contribution in [3.63, 3.8) is 0 Å². The fraction of sp³-hybridized carbons (Fsp3) is 0.444. The third-order valence-electron chi connectivity index (χ3n) is 4.21. The Morgan fingerprint density at radius 1 is 1.04 bits per heavy atom. The first-order valence-corrected chi connectivity index (χ1v) is 8.24. The molecule has 1 aromatic heterocycles. The first kappa shape index (κ1) is 15.9. The van der Waals surface area contributed by atoms with Crippen molar-refractivity contribution < 1.29 is 4.74 Å². The zero-order valence-electron chi connectivity index (χ0n) is 13.4. The molecule has 122 valence electrons. The maximum Gasteiger partial charge on any atom is 0.261 e. The minimum Gasteiger partial charge on any atom is -0.379 e. The number of rotatable bonds is 6. The van der Waals surface area contributed by atoms with Crippen LogP contribution in [0, 0.1) is 0 Å². The SMILES string of the molecule is O=c1c(-c2ccccc2)cncn1CCCCN1CCOCC1. The Morgan fingerprint density at radius 2 is 1.78 bits per heavy atom. The van der Waals surface area contributed by atoms with Gasteiger partial charge in [-0.15, -0.1) is 0 Å². The second-order valence-corrected chi connectivity index (χ2v) is 5.83. The van der Waals surface area contributed by atoms with Gasteiger partial charge in [-0.3, -0.25) is 14.3 Å². The lowest BCUT2D eigenvalue weighted by Gasteiger charge is -2.26. The van der Waals surface area contributed by atoms with Gasteiger partial charge in [0.2, 0.25) is 0 Å². The Bertz CT molecular complexity index is 663. The number of hydrogen-bond acceptors (Lipinski definition) is 4. The van der Waals surface area contributed by atoms with Crippen LogP contribution in [0.3, 0.4) is 0 Å². The number of benzene rings is 1. The smallest absolute Gasteiger partial charge is 0.261 e. The van der Waals surface area contributed by atoms with Gasteiger partial charge in [0, 0.05) is 25.8 Å². The van der Waals surface area contributed by atoms with Gasteiger partial charge in [-0.1, -0.05) is 30.3 Å². The molecule has 0 aliphatic carbocycles. The summed E-state index contributed by atoms with van der Waals surface area (Å²) in [6, 6.07) is 9.72. The standard InChI is InChI=1S/C18H23N3O2/c22-18-17(16-6-2-1-3-7-16)14-19-15-21(18)9-5-4-8-20-10-12-23-13-11-20/h1-3,6-7,14-15H,4-5,8-13H2. The van der Waals surface area contributed by atoms with Gasteiger partial charge in [-0.25, -0.2) is 4.98 Å². The van der Waals surface area contributed by atoms with E-state index in [1.54, 1.807) is 17.1 Å². The first-order valence-electron chi connectivity index (χ1n) is 8.24. The van der Waals surface area contributed by atoms with E-state index >= 15 is 0 Å². The van der Waals surface area contributed by atoms with Gasteiger partial charge >= 0.3 is 0 Å². The van der Waals surface area contributed by atoms with E-state index in [2.05, 4.69) is 9.88 Å². The summed E-state index contributed by atoms with van der Waals surface area (Å²) in [7, 11) is 0. The van der Waals surface area contributed by atoms with Crippen LogP contribution >= 0.6 is 0 Å². The van der Waals surface area contributed by atoms with E-state index in [0.717, 1.165) is 57.8 Å². The van der Waals surface area contributed by atoms with Crippen LogP contribution < -0.4 is 5.56 Å². The van der Waals surface area contributed by atoms with E-state index in [0.29, 0.717) is 5.56 Å². The highest BCUT2D eigenvalue weighted by Gasteiger charge is 2.10. The number of aromatic nitrogens is 2. The molecule has 5 heteroatoms. The van der Waals surface area contributed by atoms with Gasteiger partial charge in [-0.2, -0.15) is 0 Å². The second kappa shape index (κ2) is 8.04. The monoisotopic (exact) mass is 313 g/mol. The summed E-state index contributed by atoms with van der Waals surface area (Å²) in [6.45, 7) is 5.50. The average molecular weight is 313 g/mol. The molecule has 1 aliphatic rings. The molecule has 0 atom stereocenters. The molecule has 2 aromatic rings. The van der Waals surface area contributed by atoms with Crippen molar-refractivity contribution in [2.24, 2.45) is 0 Å². The largest absolute Gasteiger partial charge is 0.379 e. The Kier molecular flexibility index (Phi) is 5.56. The van der Waals surface area contributed by atoms with Gasteiger partial charge in [-0.05, 0) is 24.9 Å². The lowest BCUT2D eigenvalue weighted by Crippen LogP contribution is -2.36. The summed E-state index contributed by atoms with van der Waals surface area (Å²) in [5, 5.41) is 0. The number of ether oxygens (including phenoxy) is 1. The van der Waals surface area contributed by atoms with E-state index in [4.69, 9.17) is 4.74 Å². The zero-order valence-corrected chi connectivity index (χ0v) is 13.4. The molecular weight excluding hydrogens is 290 g/mol. The summed E-state index contributed by atoms with van der Waals surface area (Å²) in [6.07, 6.45) is 5.37. The average Bonchev–Trinajstić information content (AvgIpc) is 2.61. The Hall–Kier alpha value is -1.98. The molecule has 0 N–H and O–H groups in total. The predicted molar refractivity (Wildman–Crippen MR) is 90.4 cm³/mol. The van der Waals surface area contributed by atoms with Crippen LogP contribution in [0.5, 0.6) is 0 Å². The van der Waals surface area contributed by atoms with Crippen molar-refractivity contribution in [3.8, 4) is 11.1 Å². The molecule has 23 heavy (non-hydrogen) atoms. The molecule has 0 bridgehead atoms. The molecule has 0 radical (unpaired) electrons. The van der Waals surface area contributed by atoms with Crippen molar-refractivity contribution >= 4 is 0 Å². The molecule has 3 rings (SSSR count). The molecule has 5 nitrogen and oxygen atoms in total. The lowest BCUT2D eigenvalue weighted by molar-refractivity contribution is 0.0370. The quantitative estimate of drug-likeness (QED) is 0.766. The highest BCUT2D eigenvalue weighted by atomic mass is 16.5. The van der Waals surface area contributed by atoms with Crippen LogP contribution in [-0.2, 0) is 11.3 Å². The third-order valence-corrected chi connectivity index (χ3v) is 4.21. The fourth-order valence-corrected chi connectivity index (χ4v) is 2.87. The van der Waals surface area contributed by atoms with Gasteiger partial charge in [0.25, 0.3) is 5.56 Å². The highest BCUT2D eigenvalue weighted by molar-refractivity contribution is 5.60. The molecule has 0 saturated carbocycles. The zero-order chi connectivity index (χ0) is 15.9. The third kappa shape index (κ3) is 4.27. The van der Waals surface area contributed by atoms with Crippen LogP contribution in [0.2, 0.25) is 0 Å². The van der Waals surface area contributed by atoms with E-state index in [1.165, 1.54) is 0 Å². The van der Waals surface area contributed by atoms with Crippen LogP contribution in [0.1, 0.15) is 12.8 Å². The molecule has 1 saturated heterocycles. The van der Waals surface area contributed by atoms with Gasteiger partial charge in [0.05, 0.1) is 25.1 Å². The number of morpholine rings is 1. The van der Waals surface area contributed by atoms with Crippen LogP contribution in [0.15, 0.2) is 47.7 Å². The van der Waals surface area contributed by atoms with E-state index < -0.39 is 0 Å². The molecule has 1 aliphatic heterocycles. The highest BCUT2D eigenvalue weighted by Crippen LogP contribution is 2.13. The summed E-state index contributed by atoms with van der Waals surface area (Å²) in [4.78, 5) is 19.2. The summed E-state index contributed by atoms with van der Waals surface area (Å²) < 4.78 is 7.07. The minimum atomic E-state index is 0.0394. The van der Waals surface area contributed by atoms with Gasteiger partial charge in [0.15, 0.2) is 0 Å². The van der Waals surface area contributed by atoms with E-state index in [9.17, 15) is 4.79 Å². The molecular formula is C18H23N3O2. The molecule has 1 aromatic carbocycles. The molecule has 0 unspecified atom stereocenters. The molecule has 0 amide bonds. The van der Waals surface area contributed by atoms with Crippen molar-refractivity contribution in [3.05, 3.63) is 53.2 Å². The Morgan fingerprint density at radius 3 is 2.57 bits per heavy atom. The predicted octanol–water partition coefficient (Wildman–Crippen LogP) is 2.02. The summed E-state index contributed by atoms with van der Waals surface area (Å²) in [5.74, 6) is 0. The summed E-state index contributed by atoms with van der Waals surface area (Å²) in [5.41, 5.74) is 1.63. The van der Waals surface area contributed by atoms with Crippen LogP contribution in [0.4, 0.5) is 0 Å². The number of aryl methyl sites for hydroxylation is 1. The normalized spacial score (nSPS) is 15.7. The van der Waals surface area contributed by atoms with Gasteiger partial charge < -0.3 is 4.74 Å². The minimum absolute atomic E-state index is 0.0394. The van der Waals surface area contributed by atoms with Crippen molar-refractivity contribution in [2.75, 3.05) is 32.8 Å². The van der Waals surface area contributed by atoms with Crippen molar-refractivity contribution in [1.29, 1.82) is 0 Å². The molecule has 2 heterocycles. The van der Waals surface area contributed by atoms with E-state index in [-0.39, 0.29) is 5.56 Å². The Labute approximate surface area is 136 Å². The summed E-state index contributed by atoms with van der Waals surface area (Å²) >= 11 is 0. The maximum absolute atomic E-state index is 12.6. The van der Waals surface area contributed by atoms with Crippen LogP contribution in [-0.4, -0.2) is 47.3 Å². The van der Waals surface area contributed by atoms with Crippen molar-refractivity contribution in [2.45, 2.75) is 19.4 Å². The molecule has 1 fully saturated rings. The van der Waals surface area contributed by atoms with Gasteiger partial charge in [0.1, 0.15) is 0 Å². The molecule has 0 spiro atoms.